The zero-order valence-electron chi connectivity index (χ0n) is 14.3. The zero-order chi connectivity index (χ0) is 17.1. The zero-order valence-corrected chi connectivity index (χ0v) is 14.3. The van der Waals surface area contributed by atoms with E-state index in [1.54, 1.807) is 7.11 Å². The van der Waals surface area contributed by atoms with Crippen molar-refractivity contribution in [1.82, 2.24) is 9.88 Å². The number of hydrogen-bond donors (Lipinski definition) is 0. The van der Waals surface area contributed by atoms with Gasteiger partial charge in [-0.1, -0.05) is 66.7 Å². The number of nitrogens with zero attached hydrogens (tertiary/aromatic N) is 2. The second kappa shape index (κ2) is 7.18. The molecule has 4 atom stereocenters. The van der Waals surface area contributed by atoms with Crippen LogP contribution < -0.4 is 0 Å². The first kappa shape index (κ1) is 16.0. The van der Waals surface area contributed by atoms with Crippen LogP contribution in [0.5, 0.6) is 0 Å². The Kier molecular flexibility index (Phi) is 4.59. The number of methoxy groups -OCH3 is 1. The van der Waals surface area contributed by atoms with Crippen LogP contribution in [-0.4, -0.2) is 23.6 Å². The van der Waals surface area contributed by atoms with E-state index in [0.29, 0.717) is 12.6 Å². The molecule has 0 aliphatic carbocycles. The third-order valence-corrected chi connectivity index (χ3v) is 4.85. The first-order valence-electron chi connectivity index (χ1n) is 8.67. The number of ether oxygens (including phenoxy) is 1. The van der Waals surface area contributed by atoms with Gasteiger partial charge < -0.3 is 4.74 Å². The van der Waals surface area contributed by atoms with Crippen molar-refractivity contribution < 1.29 is 4.74 Å². The van der Waals surface area contributed by atoms with E-state index in [1.807, 2.05) is 12.3 Å². The van der Waals surface area contributed by atoms with Crippen LogP contribution in [0.3, 0.4) is 0 Å². The van der Waals surface area contributed by atoms with E-state index in [0.717, 1.165) is 5.69 Å². The van der Waals surface area contributed by atoms with Crippen molar-refractivity contribution in [3.63, 3.8) is 0 Å². The Morgan fingerprint density at radius 1 is 0.880 bits per heavy atom. The highest BCUT2D eigenvalue weighted by molar-refractivity contribution is 5.34. The third-order valence-electron chi connectivity index (χ3n) is 4.85. The number of aromatic nitrogens is 1. The average molecular weight is 330 g/mol. The molecule has 0 amide bonds. The molecule has 4 rings (SSSR count). The van der Waals surface area contributed by atoms with Crippen LogP contribution in [0, 0.1) is 0 Å². The molecule has 25 heavy (non-hydrogen) atoms. The smallest absolute Gasteiger partial charge is 0.0732 e. The van der Waals surface area contributed by atoms with Crippen LogP contribution >= 0.6 is 0 Å². The van der Waals surface area contributed by atoms with Gasteiger partial charge in [-0.2, -0.15) is 0 Å². The summed E-state index contributed by atoms with van der Waals surface area (Å²) in [4.78, 5) is 7.13. The Bertz CT molecular complexity index is 747. The number of pyridine rings is 1. The molecule has 1 unspecified atom stereocenters. The van der Waals surface area contributed by atoms with Gasteiger partial charge in [-0.3, -0.25) is 9.88 Å². The largest absolute Gasteiger partial charge is 0.383 e. The monoisotopic (exact) mass is 330 g/mol. The van der Waals surface area contributed by atoms with Crippen LogP contribution in [0.15, 0.2) is 85.1 Å². The van der Waals surface area contributed by atoms with E-state index < -0.39 is 0 Å². The van der Waals surface area contributed by atoms with Crippen molar-refractivity contribution in [3.8, 4) is 0 Å². The summed E-state index contributed by atoms with van der Waals surface area (Å²) >= 11 is 0. The van der Waals surface area contributed by atoms with Crippen molar-refractivity contribution >= 4 is 0 Å². The highest BCUT2D eigenvalue weighted by Gasteiger charge is 2.53. The summed E-state index contributed by atoms with van der Waals surface area (Å²) in [6.45, 7) is 0.663. The Hall–Kier alpha value is -2.49. The van der Waals surface area contributed by atoms with E-state index in [-0.39, 0.29) is 12.1 Å². The van der Waals surface area contributed by atoms with E-state index in [9.17, 15) is 0 Å². The maximum Gasteiger partial charge on any atom is 0.0732 e. The average Bonchev–Trinajstić information content (AvgIpc) is 3.43. The summed E-state index contributed by atoms with van der Waals surface area (Å²) in [7, 11) is 1.77. The molecule has 1 saturated heterocycles. The summed E-state index contributed by atoms with van der Waals surface area (Å²) in [5.41, 5.74) is 3.73. The second-order valence-electron chi connectivity index (χ2n) is 6.38. The number of rotatable bonds is 6. The van der Waals surface area contributed by atoms with E-state index >= 15 is 0 Å². The van der Waals surface area contributed by atoms with Gasteiger partial charge in [0.05, 0.1) is 30.4 Å². The van der Waals surface area contributed by atoms with Crippen molar-refractivity contribution in [2.45, 2.75) is 18.1 Å². The molecular formula is C22H22N2O. The van der Waals surface area contributed by atoms with Crippen molar-refractivity contribution in [3.05, 3.63) is 102 Å². The number of hydrogen-bond acceptors (Lipinski definition) is 3. The van der Waals surface area contributed by atoms with Gasteiger partial charge >= 0.3 is 0 Å². The molecule has 1 aliphatic rings. The Balaban J connectivity index is 1.72. The van der Waals surface area contributed by atoms with E-state index in [2.05, 4.69) is 82.7 Å². The summed E-state index contributed by atoms with van der Waals surface area (Å²) in [6, 6.07) is 28.3. The molecular weight excluding hydrogens is 308 g/mol. The van der Waals surface area contributed by atoms with Crippen molar-refractivity contribution in [1.29, 1.82) is 0 Å². The Labute approximate surface area is 148 Å². The molecule has 0 N–H and O–H groups in total. The molecule has 0 spiro atoms. The molecule has 2 aromatic carbocycles. The Morgan fingerprint density at radius 2 is 1.56 bits per heavy atom. The standard InChI is InChI=1S/C22H22N2O/c1-25-16-20(17-10-4-2-5-11-17)24-21(18-12-6-3-7-13-18)22(24)19-14-8-9-15-23-19/h2-15,20-22H,16H2,1H3/t20-,21+,22-,24?/m0/s1. The molecule has 3 aromatic rings. The lowest BCUT2D eigenvalue weighted by Gasteiger charge is -2.20. The predicted molar refractivity (Wildman–Crippen MR) is 99.1 cm³/mol. The summed E-state index contributed by atoms with van der Waals surface area (Å²) in [6.07, 6.45) is 1.88. The fraction of sp³-hybridized carbons (Fsp3) is 0.227. The van der Waals surface area contributed by atoms with Crippen LogP contribution in [0.1, 0.15) is 34.9 Å². The number of benzene rings is 2. The second-order valence-corrected chi connectivity index (χ2v) is 6.38. The minimum absolute atomic E-state index is 0.211. The van der Waals surface area contributed by atoms with Crippen LogP contribution in [0.2, 0.25) is 0 Å². The SMILES string of the molecule is COC[C@@H](c1ccccc1)N1[C@H](c2ccccc2)[C@@H]1c1ccccn1. The summed E-state index contributed by atoms with van der Waals surface area (Å²) in [5, 5.41) is 0. The highest BCUT2D eigenvalue weighted by atomic mass is 16.5. The molecule has 3 heteroatoms. The minimum Gasteiger partial charge on any atom is -0.383 e. The maximum atomic E-state index is 5.57. The van der Waals surface area contributed by atoms with E-state index in [4.69, 9.17) is 4.74 Å². The lowest BCUT2D eigenvalue weighted by atomic mass is 10.1. The summed E-state index contributed by atoms with van der Waals surface area (Å²) < 4.78 is 5.57. The first-order chi connectivity index (χ1) is 12.4. The molecule has 0 radical (unpaired) electrons. The van der Waals surface area contributed by atoms with Crippen molar-refractivity contribution in [2.75, 3.05) is 13.7 Å². The van der Waals surface area contributed by atoms with Gasteiger partial charge in [0.15, 0.2) is 0 Å². The van der Waals surface area contributed by atoms with Gasteiger partial charge in [-0.15, -0.1) is 0 Å². The van der Waals surface area contributed by atoms with Crippen LogP contribution in [0.4, 0.5) is 0 Å². The molecule has 0 bridgehead atoms. The molecule has 126 valence electrons. The molecule has 1 aromatic heterocycles. The van der Waals surface area contributed by atoms with Gasteiger partial charge in [0.1, 0.15) is 0 Å². The van der Waals surface area contributed by atoms with Crippen LogP contribution in [-0.2, 0) is 4.74 Å². The normalized spacial score (nSPS) is 23.2. The highest BCUT2D eigenvalue weighted by Crippen LogP contribution is 2.58. The lowest BCUT2D eigenvalue weighted by Crippen LogP contribution is -2.17. The molecule has 3 nitrogen and oxygen atoms in total. The maximum absolute atomic E-state index is 5.57. The van der Waals surface area contributed by atoms with Gasteiger partial charge in [0.25, 0.3) is 0 Å². The predicted octanol–water partition coefficient (Wildman–Crippen LogP) is 4.57. The quantitative estimate of drug-likeness (QED) is 0.619. The fourth-order valence-electron chi connectivity index (χ4n) is 3.69. The topological polar surface area (TPSA) is 25.1 Å². The summed E-state index contributed by atoms with van der Waals surface area (Å²) in [5.74, 6) is 0. The minimum atomic E-state index is 0.211. The van der Waals surface area contributed by atoms with Gasteiger partial charge in [-0.05, 0) is 23.3 Å². The first-order valence-corrected chi connectivity index (χ1v) is 8.67. The fourth-order valence-corrected chi connectivity index (χ4v) is 3.69. The molecule has 1 fully saturated rings. The van der Waals surface area contributed by atoms with Crippen molar-refractivity contribution in [2.24, 2.45) is 0 Å². The molecule has 2 heterocycles. The van der Waals surface area contributed by atoms with E-state index in [1.165, 1.54) is 11.1 Å². The lowest BCUT2D eigenvalue weighted by molar-refractivity contribution is 0.135. The van der Waals surface area contributed by atoms with Crippen LogP contribution in [0.25, 0.3) is 0 Å². The van der Waals surface area contributed by atoms with Gasteiger partial charge in [0, 0.05) is 13.3 Å². The molecule has 0 saturated carbocycles. The Morgan fingerprint density at radius 3 is 2.20 bits per heavy atom. The van der Waals surface area contributed by atoms with Gasteiger partial charge in [-0.25, -0.2) is 0 Å². The third kappa shape index (κ3) is 3.21. The van der Waals surface area contributed by atoms with Gasteiger partial charge in [0.2, 0.25) is 0 Å². The molecule has 1 aliphatic heterocycles.